The first kappa shape index (κ1) is 51.1. The van der Waals surface area contributed by atoms with E-state index in [-0.39, 0.29) is 87.6 Å². The van der Waals surface area contributed by atoms with Gasteiger partial charge in [0.15, 0.2) is 0 Å². The average molecular weight is 849 g/mol. The Kier molecular flexibility index (Phi) is 20.7. The van der Waals surface area contributed by atoms with Crippen LogP contribution in [0.2, 0.25) is 0 Å². The highest BCUT2D eigenvalue weighted by Gasteiger charge is 2.32. The molecule has 12 N–H and O–H groups in total. The van der Waals surface area contributed by atoms with Crippen molar-refractivity contribution >= 4 is 47.8 Å². The van der Waals surface area contributed by atoms with Gasteiger partial charge in [0.25, 0.3) is 23.6 Å². The van der Waals surface area contributed by atoms with E-state index >= 15 is 0 Å². The topological polar surface area (TPSA) is 319 Å². The van der Waals surface area contributed by atoms with E-state index in [0.29, 0.717) is 18.4 Å². The van der Waals surface area contributed by atoms with Crippen LogP contribution in [0.3, 0.4) is 0 Å². The quantitative estimate of drug-likeness (QED) is 0.0448. The minimum absolute atomic E-state index is 0.0114. The number of aliphatic hydroxyl groups is 8. The maximum absolute atomic E-state index is 13.6. The summed E-state index contributed by atoms with van der Waals surface area (Å²) in [5.41, 5.74) is 1.45. The zero-order valence-corrected chi connectivity index (χ0v) is 34.9. The first-order valence-corrected chi connectivity index (χ1v) is 19.4. The van der Waals surface area contributed by atoms with Gasteiger partial charge in [0, 0.05) is 41.8 Å². The van der Waals surface area contributed by atoms with Gasteiger partial charge >= 0.3 is 0 Å². The van der Waals surface area contributed by atoms with Gasteiger partial charge < -0.3 is 71.9 Å². The van der Waals surface area contributed by atoms with Crippen LogP contribution in [0.5, 0.6) is 0 Å². The van der Waals surface area contributed by atoms with Gasteiger partial charge in [-0.1, -0.05) is 6.92 Å². The molecule has 0 aliphatic carbocycles. The molecule has 2 aromatic carbocycles. The Labute approximate surface area is 348 Å². The summed E-state index contributed by atoms with van der Waals surface area (Å²) in [7, 11) is 0. The number of carbonyl (C=O) groups excluding carboxylic acids is 6. The highest BCUT2D eigenvalue weighted by molar-refractivity contribution is 6.08. The van der Waals surface area contributed by atoms with Gasteiger partial charge in [-0.3, -0.25) is 28.8 Å². The van der Waals surface area contributed by atoms with Crippen molar-refractivity contribution in [3.8, 4) is 0 Å². The molecular formula is C40H60N6O14. The lowest BCUT2D eigenvalue weighted by atomic mass is 9.87. The molecule has 0 aromatic heterocycles. The molecule has 0 aliphatic heterocycles. The SMILES string of the molecule is CCc1c(C(=O)NCCO)c(C)c(C(=O)NC(CO)CO)c(C)c1N(C=O)CC(O)CC(O)CN(C=O)c1c(C)c(C(=O)NCCO)c(C)c(C(=O)NC(CO)CO)c1C. The smallest absolute Gasteiger partial charge is 0.252 e. The van der Waals surface area contributed by atoms with Crippen molar-refractivity contribution in [1.82, 2.24) is 21.3 Å². The lowest BCUT2D eigenvalue weighted by molar-refractivity contribution is -0.108. The zero-order chi connectivity index (χ0) is 45.4. The third-order valence-electron chi connectivity index (χ3n) is 10.1. The predicted octanol–water partition coefficient (Wildman–Crippen LogP) is -2.86. The molecule has 334 valence electrons. The van der Waals surface area contributed by atoms with Crippen LogP contribution in [0, 0.1) is 34.6 Å². The minimum atomic E-state index is -1.49. The van der Waals surface area contributed by atoms with Crippen molar-refractivity contribution < 1.29 is 69.6 Å². The number of hydrogen-bond acceptors (Lipinski definition) is 14. The monoisotopic (exact) mass is 848 g/mol. The van der Waals surface area contributed by atoms with Gasteiger partial charge in [0.1, 0.15) is 0 Å². The first-order valence-electron chi connectivity index (χ1n) is 19.4. The van der Waals surface area contributed by atoms with Crippen LogP contribution in [0.4, 0.5) is 11.4 Å². The highest BCUT2D eigenvalue weighted by Crippen LogP contribution is 2.36. The molecule has 0 spiro atoms. The summed E-state index contributed by atoms with van der Waals surface area (Å²) in [6.45, 7) is 4.84. The van der Waals surface area contributed by atoms with Crippen molar-refractivity contribution in [3.05, 3.63) is 55.6 Å². The predicted molar refractivity (Wildman–Crippen MR) is 219 cm³/mol. The van der Waals surface area contributed by atoms with Gasteiger partial charge in [-0.15, -0.1) is 0 Å². The second-order valence-corrected chi connectivity index (χ2v) is 14.2. The van der Waals surface area contributed by atoms with Crippen LogP contribution in [0.15, 0.2) is 0 Å². The van der Waals surface area contributed by atoms with Crippen LogP contribution in [0.25, 0.3) is 0 Å². The summed E-state index contributed by atoms with van der Waals surface area (Å²) in [5.74, 6) is -2.89. The van der Waals surface area contributed by atoms with Gasteiger partial charge in [-0.25, -0.2) is 0 Å². The maximum Gasteiger partial charge on any atom is 0.252 e. The molecule has 6 amide bonds. The lowest BCUT2D eigenvalue weighted by Gasteiger charge is -2.31. The molecule has 0 fully saturated rings. The third-order valence-corrected chi connectivity index (χ3v) is 10.1. The number of hydrogen-bond donors (Lipinski definition) is 12. The van der Waals surface area contributed by atoms with Crippen LogP contribution < -0.4 is 31.1 Å². The number of amides is 6. The summed E-state index contributed by atoms with van der Waals surface area (Å²) in [6, 6.07) is -2.10. The summed E-state index contributed by atoms with van der Waals surface area (Å²) >= 11 is 0. The third kappa shape index (κ3) is 12.0. The molecule has 0 saturated carbocycles. The molecule has 0 heterocycles. The first-order chi connectivity index (χ1) is 28.5. The largest absolute Gasteiger partial charge is 0.395 e. The van der Waals surface area contributed by atoms with Crippen LogP contribution in [-0.4, -0.2) is 167 Å². The molecule has 0 radical (unpaired) electrons. The van der Waals surface area contributed by atoms with Gasteiger partial charge in [-0.05, 0) is 74.4 Å². The number of carbonyl (C=O) groups is 6. The zero-order valence-electron chi connectivity index (χ0n) is 34.9. The maximum atomic E-state index is 13.6. The summed E-state index contributed by atoms with van der Waals surface area (Å²) in [5, 5.41) is 89.7. The average Bonchev–Trinajstić information content (AvgIpc) is 3.21. The molecule has 0 bridgehead atoms. The Morgan fingerprint density at radius 3 is 1.27 bits per heavy atom. The fraction of sp³-hybridized carbons (Fsp3) is 0.550. The highest BCUT2D eigenvalue weighted by atomic mass is 16.3. The normalized spacial score (nSPS) is 12.2. The van der Waals surface area contributed by atoms with Crippen molar-refractivity contribution in [1.29, 1.82) is 0 Å². The van der Waals surface area contributed by atoms with Gasteiger partial charge in [-0.2, -0.15) is 0 Å². The van der Waals surface area contributed by atoms with Gasteiger partial charge in [0.2, 0.25) is 12.8 Å². The van der Waals surface area contributed by atoms with Crippen molar-refractivity contribution in [3.63, 3.8) is 0 Å². The van der Waals surface area contributed by atoms with Crippen LogP contribution in [-0.2, 0) is 16.0 Å². The van der Waals surface area contributed by atoms with E-state index in [0.717, 1.165) is 9.80 Å². The van der Waals surface area contributed by atoms with E-state index in [4.69, 9.17) is 0 Å². The van der Waals surface area contributed by atoms with Crippen molar-refractivity contribution in [2.75, 3.05) is 75.6 Å². The Balaban J connectivity index is 2.63. The number of anilines is 2. The number of nitrogens with zero attached hydrogens (tertiary/aromatic N) is 2. The van der Waals surface area contributed by atoms with E-state index in [1.807, 2.05) is 0 Å². The summed E-state index contributed by atoms with van der Waals surface area (Å²) in [4.78, 5) is 81.5. The Hall–Kier alpha value is -5.06. The van der Waals surface area contributed by atoms with E-state index in [1.165, 1.54) is 34.6 Å². The molecule has 0 aliphatic rings. The molecule has 2 atom stereocenters. The van der Waals surface area contributed by atoms with Crippen LogP contribution >= 0.6 is 0 Å². The Bertz CT molecular complexity index is 1850. The second-order valence-electron chi connectivity index (χ2n) is 14.2. The van der Waals surface area contributed by atoms with Gasteiger partial charge in [0.05, 0.1) is 88.4 Å². The van der Waals surface area contributed by atoms with Crippen LogP contribution in [0.1, 0.15) is 88.2 Å². The standard InChI is InChI=1S/C40H60N6O14/c1-7-30-34(38(58)42-9-11-48)22(3)33(40(60)44-27(17-51)18-52)25(6)36(30)46(20-54)14-29(56)12-28(55)13-45(19-53)35-23(4)31(37(57)41-8-10-47)21(2)32(24(35)5)39(59)43-26(15-49)16-50/h19-20,26-29,47-52,55-56H,7-18H2,1-6H3,(H,41,57)(H,42,58)(H,43,59)(H,44,60). The number of nitrogens with one attached hydrogen (secondary N) is 4. The molecule has 2 aromatic rings. The molecule has 0 saturated heterocycles. The number of benzene rings is 2. The fourth-order valence-corrected chi connectivity index (χ4v) is 7.41. The molecule has 20 heteroatoms. The Morgan fingerprint density at radius 1 is 0.550 bits per heavy atom. The molecule has 2 unspecified atom stereocenters. The van der Waals surface area contributed by atoms with E-state index < -0.39 is 100 Å². The van der Waals surface area contributed by atoms with Crippen molar-refractivity contribution in [2.45, 2.75) is 78.7 Å². The number of rotatable bonds is 25. The molecule has 20 nitrogen and oxygen atoms in total. The van der Waals surface area contributed by atoms with Crippen molar-refractivity contribution in [2.24, 2.45) is 0 Å². The van der Waals surface area contributed by atoms with E-state index in [9.17, 15) is 69.6 Å². The summed E-state index contributed by atoms with van der Waals surface area (Å²) in [6.07, 6.45) is -2.53. The van der Waals surface area contributed by atoms with E-state index in [1.54, 1.807) is 6.92 Å². The molecule has 2 rings (SSSR count). The molecular weight excluding hydrogens is 788 g/mol. The minimum Gasteiger partial charge on any atom is -0.395 e. The van der Waals surface area contributed by atoms with E-state index in [2.05, 4.69) is 21.3 Å². The number of aliphatic hydroxyl groups excluding tert-OH is 8. The fourth-order valence-electron chi connectivity index (χ4n) is 7.41. The molecule has 60 heavy (non-hydrogen) atoms. The lowest BCUT2D eigenvalue weighted by Crippen LogP contribution is -2.42. The summed E-state index contributed by atoms with van der Waals surface area (Å²) < 4.78 is 0. The second kappa shape index (κ2) is 24.3. The Morgan fingerprint density at radius 2 is 0.900 bits per heavy atom.